The Bertz CT molecular complexity index is 474. The molecular weight excluding hydrogens is 242 g/mol. The van der Waals surface area contributed by atoms with E-state index in [4.69, 9.17) is 10.1 Å². The highest BCUT2D eigenvalue weighted by atomic mass is 16.4. The van der Waals surface area contributed by atoms with Crippen molar-refractivity contribution in [3.05, 3.63) is 23.4 Å². The zero-order valence-electron chi connectivity index (χ0n) is 11.8. The summed E-state index contributed by atoms with van der Waals surface area (Å²) in [5, 5.41) is 9.06. The summed E-state index contributed by atoms with van der Waals surface area (Å²) in [5.74, 6) is 0.956. The summed E-state index contributed by atoms with van der Waals surface area (Å²) in [4.78, 5) is 19.3. The third kappa shape index (κ3) is 2.97. The van der Waals surface area contributed by atoms with E-state index < -0.39 is 6.09 Å². The van der Waals surface area contributed by atoms with Gasteiger partial charge in [-0.15, -0.1) is 0 Å². The van der Waals surface area contributed by atoms with Crippen LogP contribution in [-0.2, 0) is 12.8 Å². The fourth-order valence-corrected chi connectivity index (χ4v) is 2.22. The van der Waals surface area contributed by atoms with Gasteiger partial charge in [-0.25, -0.2) is 9.78 Å². The van der Waals surface area contributed by atoms with Gasteiger partial charge in [0.1, 0.15) is 5.82 Å². The van der Waals surface area contributed by atoms with Gasteiger partial charge in [-0.1, -0.05) is 6.07 Å². The summed E-state index contributed by atoms with van der Waals surface area (Å²) in [6, 6.07) is 4.50. The molecule has 1 aromatic heterocycles. The van der Waals surface area contributed by atoms with Crippen molar-refractivity contribution in [2.45, 2.75) is 32.7 Å². The van der Waals surface area contributed by atoms with Crippen LogP contribution in [0, 0.1) is 0 Å². The highest BCUT2D eigenvalue weighted by Crippen LogP contribution is 2.19. The van der Waals surface area contributed by atoms with E-state index in [2.05, 4.69) is 24.8 Å². The molecule has 104 valence electrons. The molecular formula is C14H21N3O2. The number of fused-ring (bicyclic) bond motifs is 1. The maximum absolute atomic E-state index is 11.0. The molecule has 0 aromatic carbocycles. The third-order valence-corrected chi connectivity index (χ3v) is 3.73. The fraction of sp³-hybridized carbons (Fsp3) is 0.571. The Balaban J connectivity index is 2.21. The SMILES string of the molecule is CC(C)N(C)c1ccc2c(n1)CCN(C(=O)O)CC2. The molecule has 1 amide bonds. The smallest absolute Gasteiger partial charge is 0.407 e. The van der Waals surface area contributed by atoms with E-state index in [0.717, 1.165) is 17.9 Å². The molecule has 2 rings (SSSR count). The number of anilines is 1. The van der Waals surface area contributed by atoms with Gasteiger partial charge in [0.25, 0.3) is 0 Å². The summed E-state index contributed by atoms with van der Waals surface area (Å²) in [5.41, 5.74) is 2.21. The van der Waals surface area contributed by atoms with Crippen molar-refractivity contribution in [2.24, 2.45) is 0 Å². The molecule has 5 heteroatoms. The summed E-state index contributed by atoms with van der Waals surface area (Å²) in [6.07, 6.45) is 0.606. The topological polar surface area (TPSA) is 56.7 Å². The van der Waals surface area contributed by atoms with Crippen molar-refractivity contribution < 1.29 is 9.90 Å². The molecule has 0 atom stereocenters. The lowest BCUT2D eigenvalue weighted by Crippen LogP contribution is -2.31. The van der Waals surface area contributed by atoms with Gasteiger partial charge in [0.2, 0.25) is 0 Å². The molecule has 19 heavy (non-hydrogen) atoms. The van der Waals surface area contributed by atoms with E-state index in [1.807, 2.05) is 13.1 Å². The van der Waals surface area contributed by atoms with Crippen molar-refractivity contribution in [3.63, 3.8) is 0 Å². The third-order valence-electron chi connectivity index (χ3n) is 3.73. The number of carbonyl (C=O) groups is 1. The van der Waals surface area contributed by atoms with Gasteiger partial charge in [-0.3, -0.25) is 0 Å². The Morgan fingerprint density at radius 1 is 1.37 bits per heavy atom. The monoisotopic (exact) mass is 263 g/mol. The number of amides is 1. The molecule has 0 spiro atoms. The van der Waals surface area contributed by atoms with Crippen LogP contribution in [0.2, 0.25) is 0 Å². The molecule has 0 bridgehead atoms. The van der Waals surface area contributed by atoms with Crippen molar-refractivity contribution in [1.29, 1.82) is 0 Å². The number of aromatic nitrogens is 1. The zero-order valence-corrected chi connectivity index (χ0v) is 11.8. The second-order valence-corrected chi connectivity index (χ2v) is 5.25. The van der Waals surface area contributed by atoms with Gasteiger partial charge >= 0.3 is 6.09 Å². The predicted octanol–water partition coefficient (Wildman–Crippen LogP) is 2.00. The minimum Gasteiger partial charge on any atom is -0.465 e. The first-order valence-corrected chi connectivity index (χ1v) is 6.68. The molecule has 0 radical (unpaired) electrons. The average molecular weight is 263 g/mol. The lowest BCUT2D eigenvalue weighted by Gasteiger charge is -2.23. The van der Waals surface area contributed by atoms with Crippen molar-refractivity contribution >= 4 is 11.9 Å². The first-order valence-electron chi connectivity index (χ1n) is 6.68. The van der Waals surface area contributed by atoms with Crippen LogP contribution in [0.15, 0.2) is 12.1 Å². The molecule has 0 saturated carbocycles. The number of hydrogen-bond acceptors (Lipinski definition) is 3. The van der Waals surface area contributed by atoms with Gasteiger partial charge in [0, 0.05) is 38.3 Å². The Hall–Kier alpha value is -1.78. The molecule has 0 saturated heterocycles. The summed E-state index contributed by atoms with van der Waals surface area (Å²) in [6.45, 7) is 5.34. The average Bonchev–Trinajstić information content (AvgIpc) is 2.59. The number of pyridine rings is 1. The highest BCUT2D eigenvalue weighted by Gasteiger charge is 2.19. The van der Waals surface area contributed by atoms with Gasteiger partial charge < -0.3 is 14.9 Å². The molecule has 1 aliphatic rings. The van der Waals surface area contributed by atoms with Gasteiger partial charge in [-0.05, 0) is 31.9 Å². The number of carboxylic acid groups (broad SMARTS) is 1. The van der Waals surface area contributed by atoms with Crippen LogP contribution in [0.3, 0.4) is 0 Å². The normalized spacial score (nSPS) is 15.1. The minimum atomic E-state index is -0.840. The van der Waals surface area contributed by atoms with E-state index in [0.29, 0.717) is 25.6 Å². The van der Waals surface area contributed by atoms with E-state index in [9.17, 15) is 4.79 Å². The van der Waals surface area contributed by atoms with Crippen LogP contribution in [0.5, 0.6) is 0 Å². The lowest BCUT2D eigenvalue weighted by atomic mass is 10.1. The Morgan fingerprint density at radius 2 is 2.05 bits per heavy atom. The number of hydrogen-bond donors (Lipinski definition) is 1. The Labute approximate surface area is 113 Å². The van der Waals surface area contributed by atoms with Crippen LogP contribution in [0.25, 0.3) is 0 Å². The standard InChI is InChI=1S/C14H21N3O2/c1-10(2)16(3)13-5-4-11-6-8-17(14(18)19)9-7-12(11)15-13/h4-5,10H,6-9H2,1-3H3,(H,18,19). The molecule has 1 aliphatic heterocycles. The van der Waals surface area contributed by atoms with E-state index >= 15 is 0 Å². The van der Waals surface area contributed by atoms with Crippen molar-refractivity contribution in [3.8, 4) is 0 Å². The fourth-order valence-electron chi connectivity index (χ4n) is 2.22. The van der Waals surface area contributed by atoms with Crippen molar-refractivity contribution in [2.75, 3.05) is 25.0 Å². The molecule has 0 aliphatic carbocycles. The first-order chi connectivity index (χ1) is 8.99. The van der Waals surface area contributed by atoms with E-state index in [1.54, 1.807) is 0 Å². The van der Waals surface area contributed by atoms with Crippen LogP contribution in [0.1, 0.15) is 25.1 Å². The second kappa shape index (κ2) is 5.47. The van der Waals surface area contributed by atoms with Crippen molar-refractivity contribution in [1.82, 2.24) is 9.88 Å². The van der Waals surface area contributed by atoms with E-state index in [1.165, 1.54) is 10.5 Å². The number of nitrogens with zero attached hydrogens (tertiary/aromatic N) is 3. The largest absolute Gasteiger partial charge is 0.465 e. The summed E-state index contributed by atoms with van der Waals surface area (Å²) >= 11 is 0. The van der Waals surface area contributed by atoms with Crippen LogP contribution < -0.4 is 4.90 Å². The predicted molar refractivity (Wildman–Crippen MR) is 74.8 cm³/mol. The van der Waals surface area contributed by atoms with E-state index in [-0.39, 0.29) is 0 Å². The minimum absolute atomic E-state index is 0.395. The summed E-state index contributed by atoms with van der Waals surface area (Å²) < 4.78 is 0. The quantitative estimate of drug-likeness (QED) is 0.886. The number of rotatable bonds is 2. The molecule has 1 N–H and O–H groups in total. The highest BCUT2D eigenvalue weighted by molar-refractivity contribution is 5.65. The van der Waals surface area contributed by atoms with Crippen LogP contribution in [0.4, 0.5) is 10.6 Å². The molecule has 5 nitrogen and oxygen atoms in total. The molecule has 2 heterocycles. The van der Waals surface area contributed by atoms with Gasteiger partial charge in [0.05, 0.1) is 0 Å². The van der Waals surface area contributed by atoms with Gasteiger partial charge in [-0.2, -0.15) is 0 Å². The molecule has 0 fully saturated rings. The molecule has 1 aromatic rings. The summed E-state index contributed by atoms with van der Waals surface area (Å²) in [7, 11) is 2.03. The van der Waals surface area contributed by atoms with Crippen LogP contribution >= 0.6 is 0 Å². The first kappa shape index (κ1) is 13.6. The Kier molecular flexibility index (Phi) is 3.93. The van der Waals surface area contributed by atoms with Crippen LogP contribution in [-0.4, -0.2) is 47.3 Å². The molecule has 0 unspecified atom stereocenters. The Morgan fingerprint density at radius 3 is 2.68 bits per heavy atom. The lowest BCUT2D eigenvalue weighted by molar-refractivity contribution is 0.147. The maximum atomic E-state index is 11.0. The zero-order chi connectivity index (χ0) is 14.0. The maximum Gasteiger partial charge on any atom is 0.407 e. The second-order valence-electron chi connectivity index (χ2n) is 5.25. The van der Waals surface area contributed by atoms with Gasteiger partial charge in [0.15, 0.2) is 0 Å².